The molecule has 1 aliphatic carbocycles. The number of piperazine rings is 1. The minimum Gasteiger partial charge on any atom is -0.358 e. The third-order valence-electron chi connectivity index (χ3n) is 4.69. The molecule has 2 aliphatic rings. The molecule has 0 aromatic heterocycles. The van der Waals surface area contributed by atoms with Crippen molar-refractivity contribution in [1.29, 1.82) is 0 Å². The van der Waals surface area contributed by atoms with Crippen molar-refractivity contribution in [3.63, 3.8) is 0 Å². The van der Waals surface area contributed by atoms with Gasteiger partial charge in [-0.25, -0.2) is 0 Å². The molecule has 2 unspecified atom stereocenters. The molecule has 1 saturated heterocycles. The molecule has 1 aliphatic heterocycles. The van der Waals surface area contributed by atoms with Gasteiger partial charge in [0.05, 0.1) is 0 Å². The fourth-order valence-electron chi connectivity index (χ4n) is 3.50. The highest BCUT2D eigenvalue weighted by molar-refractivity contribution is 5.81. The van der Waals surface area contributed by atoms with E-state index >= 15 is 0 Å². The van der Waals surface area contributed by atoms with Crippen molar-refractivity contribution in [3.8, 4) is 0 Å². The van der Waals surface area contributed by atoms with Crippen LogP contribution in [0.25, 0.3) is 0 Å². The van der Waals surface area contributed by atoms with Gasteiger partial charge in [-0.1, -0.05) is 19.3 Å². The third kappa shape index (κ3) is 3.04. The molecule has 2 atom stereocenters. The van der Waals surface area contributed by atoms with Gasteiger partial charge < -0.3 is 10.6 Å². The molecule has 1 saturated carbocycles. The van der Waals surface area contributed by atoms with E-state index in [1.165, 1.54) is 32.1 Å². The fraction of sp³-hybridized carbons (Fsp3) is 0.929. The van der Waals surface area contributed by atoms with Crippen molar-refractivity contribution in [2.45, 2.75) is 51.1 Å². The lowest BCUT2D eigenvalue weighted by Crippen LogP contribution is -2.61. The minimum atomic E-state index is 0.0145. The van der Waals surface area contributed by atoms with E-state index < -0.39 is 0 Å². The summed E-state index contributed by atoms with van der Waals surface area (Å²) < 4.78 is 0. The smallest absolute Gasteiger partial charge is 0.238 e. The van der Waals surface area contributed by atoms with Crippen LogP contribution in [0.15, 0.2) is 0 Å². The van der Waals surface area contributed by atoms with Gasteiger partial charge in [0, 0.05) is 32.7 Å². The Kier molecular flexibility index (Phi) is 5.01. The van der Waals surface area contributed by atoms with Crippen LogP contribution in [-0.2, 0) is 4.79 Å². The van der Waals surface area contributed by atoms with Crippen LogP contribution in [0.4, 0.5) is 0 Å². The summed E-state index contributed by atoms with van der Waals surface area (Å²) in [6.07, 6.45) is 6.80. The highest BCUT2D eigenvalue weighted by atomic mass is 16.2. The summed E-state index contributed by atoms with van der Waals surface area (Å²) in [4.78, 5) is 14.4. The normalized spacial score (nSPS) is 28.9. The van der Waals surface area contributed by atoms with Gasteiger partial charge in [0.1, 0.15) is 6.04 Å². The molecule has 18 heavy (non-hydrogen) atoms. The van der Waals surface area contributed by atoms with Gasteiger partial charge in [-0.05, 0) is 25.7 Å². The van der Waals surface area contributed by atoms with E-state index in [2.05, 4.69) is 22.5 Å². The molecule has 1 heterocycles. The minimum absolute atomic E-state index is 0.0145. The molecule has 2 N–H and O–H groups in total. The Hall–Kier alpha value is -0.610. The monoisotopic (exact) mass is 253 g/mol. The molecule has 2 rings (SSSR count). The van der Waals surface area contributed by atoms with Gasteiger partial charge in [0.25, 0.3) is 0 Å². The predicted octanol–water partition coefficient (Wildman–Crippen LogP) is 0.975. The number of carbonyl (C=O) groups excluding carboxylic acids is 1. The molecule has 0 radical (unpaired) electrons. The van der Waals surface area contributed by atoms with E-state index in [0.29, 0.717) is 6.04 Å². The van der Waals surface area contributed by atoms with Crippen molar-refractivity contribution < 1.29 is 4.79 Å². The van der Waals surface area contributed by atoms with Crippen molar-refractivity contribution in [2.24, 2.45) is 5.92 Å². The Morgan fingerprint density at radius 1 is 1.33 bits per heavy atom. The Labute approximate surface area is 110 Å². The van der Waals surface area contributed by atoms with E-state index in [0.717, 1.165) is 25.6 Å². The van der Waals surface area contributed by atoms with Gasteiger partial charge >= 0.3 is 0 Å². The van der Waals surface area contributed by atoms with Crippen LogP contribution >= 0.6 is 0 Å². The molecule has 0 spiro atoms. The summed E-state index contributed by atoms with van der Waals surface area (Å²) in [5, 5.41) is 6.14. The SMILES string of the molecule is CNC(=O)C1CNCCN1C(C)C1CCCCC1. The lowest BCUT2D eigenvalue weighted by molar-refractivity contribution is -0.128. The zero-order valence-corrected chi connectivity index (χ0v) is 11.7. The van der Waals surface area contributed by atoms with Crippen LogP contribution < -0.4 is 10.6 Å². The highest BCUT2D eigenvalue weighted by Crippen LogP contribution is 2.30. The largest absolute Gasteiger partial charge is 0.358 e. The van der Waals surface area contributed by atoms with Gasteiger partial charge in [-0.15, -0.1) is 0 Å². The quantitative estimate of drug-likeness (QED) is 0.788. The zero-order valence-electron chi connectivity index (χ0n) is 11.7. The molecular weight excluding hydrogens is 226 g/mol. The maximum absolute atomic E-state index is 12.0. The highest BCUT2D eigenvalue weighted by Gasteiger charge is 2.34. The van der Waals surface area contributed by atoms with Crippen LogP contribution in [-0.4, -0.2) is 49.6 Å². The molecule has 104 valence electrons. The summed E-state index contributed by atoms with van der Waals surface area (Å²) in [7, 11) is 1.74. The van der Waals surface area contributed by atoms with Gasteiger partial charge in [0.15, 0.2) is 0 Å². The summed E-state index contributed by atoms with van der Waals surface area (Å²) >= 11 is 0. The topological polar surface area (TPSA) is 44.4 Å². The number of hydrogen-bond acceptors (Lipinski definition) is 3. The van der Waals surface area contributed by atoms with Crippen LogP contribution in [0, 0.1) is 5.92 Å². The second-order valence-corrected chi connectivity index (χ2v) is 5.71. The second-order valence-electron chi connectivity index (χ2n) is 5.71. The molecule has 2 fully saturated rings. The molecule has 4 heteroatoms. The summed E-state index contributed by atoms with van der Waals surface area (Å²) in [6, 6.07) is 0.551. The summed E-state index contributed by atoms with van der Waals surface area (Å²) in [5.74, 6) is 0.939. The van der Waals surface area contributed by atoms with E-state index in [9.17, 15) is 4.79 Å². The summed E-state index contributed by atoms with van der Waals surface area (Å²) in [6.45, 7) is 5.11. The maximum atomic E-state index is 12.0. The Balaban J connectivity index is 2.00. The number of nitrogens with one attached hydrogen (secondary N) is 2. The molecule has 0 bridgehead atoms. The van der Waals surface area contributed by atoms with E-state index in [1.54, 1.807) is 7.05 Å². The van der Waals surface area contributed by atoms with Crippen molar-refractivity contribution in [1.82, 2.24) is 15.5 Å². The zero-order chi connectivity index (χ0) is 13.0. The van der Waals surface area contributed by atoms with E-state index in [4.69, 9.17) is 0 Å². The first-order valence-corrected chi connectivity index (χ1v) is 7.42. The first-order valence-electron chi connectivity index (χ1n) is 7.42. The number of rotatable bonds is 3. The lowest BCUT2D eigenvalue weighted by atomic mass is 9.83. The molecule has 4 nitrogen and oxygen atoms in total. The van der Waals surface area contributed by atoms with Gasteiger partial charge in [-0.3, -0.25) is 9.69 Å². The second kappa shape index (κ2) is 6.53. The number of hydrogen-bond donors (Lipinski definition) is 2. The van der Waals surface area contributed by atoms with Crippen molar-refractivity contribution >= 4 is 5.91 Å². The number of carbonyl (C=O) groups is 1. The van der Waals surface area contributed by atoms with Crippen LogP contribution in [0.1, 0.15) is 39.0 Å². The average Bonchev–Trinajstić information content (AvgIpc) is 2.46. The first kappa shape index (κ1) is 13.8. The van der Waals surface area contributed by atoms with E-state index in [-0.39, 0.29) is 11.9 Å². The van der Waals surface area contributed by atoms with Crippen molar-refractivity contribution in [2.75, 3.05) is 26.7 Å². The van der Waals surface area contributed by atoms with Crippen LogP contribution in [0.2, 0.25) is 0 Å². The number of likely N-dealkylation sites (N-methyl/N-ethyl adjacent to an activating group) is 1. The Bertz CT molecular complexity index is 276. The van der Waals surface area contributed by atoms with Crippen molar-refractivity contribution in [3.05, 3.63) is 0 Å². The summed E-state index contributed by atoms with van der Waals surface area (Å²) in [5.41, 5.74) is 0. The van der Waals surface area contributed by atoms with E-state index in [1.807, 2.05) is 0 Å². The predicted molar refractivity (Wildman–Crippen MR) is 73.5 cm³/mol. The van der Waals surface area contributed by atoms with Gasteiger partial charge in [0.2, 0.25) is 5.91 Å². The number of amides is 1. The first-order chi connectivity index (χ1) is 8.74. The van der Waals surface area contributed by atoms with Crippen LogP contribution in [0.3, 0.4) is 0 Å². The maximum Gasteiger partial charge on any atom is 0.238 e. The Morgan fingerprint density at radius 2 is 2.06 bits per heavy atom. The molecule has 0 aromatic rings. The Morgan fingerprint density at radius 3 is 2.72 bits per heavy atom. The molecule has 1 amide bonds. The van der Waals surface area contributed by atoms with Crippen LogP contribution in [0.5, 0.6) is 0 Å². The standard InChI is InChI=1S/C14H27N3O/c1-11(12-6-4-3-5-7-12)17-9-8-16-10-13(17)14(18)15-2/h11-13,16H,3-10H2,1-2H3,(H,15,18). The lowest BCUT2D eigenvalue weighted by Gasteiger charge is -2.43. The molecular formula is C14H27N3O. The number of nitrogens with zero attached hydrogens (tertiary/aromatic N) is 1. The molecule has 0 aromatic carbocycles. The fourth-order valence-corrected chi connectivity index (χ4v) is 3.50. The van der Waals surface area contributed by atoms with Gasteiger partial charge in [-0.2, -0.15) is 0 Å². The third-order valence-corrected chi connectivity index (χ3v) is 4.69. The average molecular weight is 253 g/mol.